The number of rotatable bonds is 5. The molecule has 2 aromatic heterocycles. The molecule has 8 nitrogen and oxygen atoms in total. The van der Waals surface area contributed by atoms with Gasteiger partial charge in [-0.1, -0.05) is 23.4 Å². The van der Waals surface area contributed by atoms with Gasteiger partial charge < -0.3 is 18.7 Å². The van der Waals surface area contributed by atoms with Gasteiger partial charge in [-0.25, -0.2) is 0 Å². The molecule has 0 atom stereocenters. The molecule has 4 rings (SSSR count). The van der Waals surface area contributed by atoms with Crippen molar-refractivity contribution >= 4 is 5.91 Å². The van der Waals surface area contributed by atoms with Crippen LogP contribution < -0.4 is 10.3 Å². The SMILES string of the molecule is COc1ccccc1Cc1noc(C2CN(C(=O)c3cccn(C)c3=O)C2)n1. The second kappa shape index (κ2) is 7.30. The van der Waals surface area contributed by atoms with Gasteiger partial charge in [-0.15, -0.1) is 0 Å². The fourth-order valence-corrected chi connectivity index (χ4v) is 3.26. The van der Waals surface area contributed by atoms with E-state index in [0.717, 1.165) is 11.3 Å². The largest absolute Gasteiger partial charge is 0.496 e. The molecule has 8 heteroatoms. The van der Waals surface area contributed by atoms with E-state index in [4.69, 9.17) is 9.26 Å². The van der Waals surface area contributed by atoms with Crippen LogP contribution in [0, 0.1) is 0 Å². The molecule has 3 aromatic rings. The summed E-state index contributed by atoms with van der Waals surface area (Å²) in [5, 5.41) is 4.05. The topological polar surface area (TPSA) is 90.5 Å². The minimum atomic E-state index is -0.298. The summed E-state index contributed by atoms with van der Waals surface area (Å²) in [6, 6.07) is 10.9. The summed E-state index contributed by atoms with van der Waals surface area (Å²) in [5.74, 6) is 1.57. The summed E-state index contributed by atoms with van der Waals surface area (Å²) in [6.45, 7) is 0.903. The molecule has 0 saturated carbocycles. The first-order valence-electron chi connectivity index (χ1n) is 8.96. The molecule has 0 bridgehead atoms. The van der Waals surface area contributed by atoms with Crippen molar-refractivity contribution in [2.24, 2.45) is 7.05 Å². The monoisotopic (exact) mass is 380 g/mol. The Bertz CT molecular complexity index is 1070. The number of likely N-dealkylation sites (tertiary alicyclic amines) is 1. The highest BCUT2D eigenvalue weighted by molar-refractivity contribution is 5.94. The molecule has 1 saturated heterocycles. The van der Waals surface area contributed by atoms with Gasteiger partial charge in [-0.2, -0.15) is 4.98 Å². The summed E-state index contributed by atoms with van der Waals surface area (Å²) in [5.41, 5.74) is 0.848. The van der Waals surface area contributed by atoms with Crippen molar-refractivity contribution in [3.05, 3.63) is 75.8 Å². The number of aromatic nitrogens is 3. The van der Waals surface area contributed by atoms with Gasteiger partial charge in [0.05, 0.1) is 13.0 Å². The summed E-state index contributed by atoms with van der Waals surface area (Å²) in [6.07, 6.45) is 2.13. The molecule has 1 aliphatic heterocycles. The van der Waals surface area contributed by atoms with Gasteiger partial charge in [0.2, 0.25) is 5.89 Å². The third kappa shape index (κ3) is 3.28. The predicted molar refractivity (Wildman–Crippen MR) is 100 cm³/mol. The first-order valence-corrected chi connectivity index (χ1v) is 8.96. The molecule has 1 aromatic carbocycles. The minimum Gasteiger partial charge on any atom is -0.496 e. The highest BCUT2D eigenvalue weighted by atomic mass is 16.5. The summed E-state index contributed by atoms with van der Waals surface area (Å²) >= 11 is 0. The number of pyridine rings is 1. The maximum absolute atomic E-state index is 12.5. The highest BCUT2D eigenvalue weighted by Gasteiger charge is 2.36. The van der Waals surface area contributed by atoms with Gasteiger partial charge in [0, 0.05) is 38.3 Å². The van der Waals surface area contributed by atoms with E-state index in [1.807, 2.05) is 24.3 Å². The van der Waals surface area contributed by atoms with E-state index in [-0.39, 0.29) is 22.9 Å². The Kier molecular flexibility index (Phi) is 4.68. The standard InChI is InChI=1S/C20H20N4O4/c1-23-9-5-7-15(19(23)25)20(26)24-11-14(12-24)18-21-17(22-28-18)10-13-6-3-4-8-16(13)27-2/h3-9,14H,10-12H2,1-2H3. The van der Waals surface area contributed by atoms with Crippen molar-refractivity contribution in [3.63, 3.8) is 0 Å². The van der Waals surface area contributed by atoms with E-state index >= 15 is 0 Å². The zero-order valence-electron chi connectivity index (χ0n) is 15.7. The van der Waals surface area contributed by atoms with Crippen LogP contribution in [-0.4, -0.2) is 45.7 Å². The van der Waals surface area contributed by atoms with E-state index in [0.29, 0.717) is 31.2 Å². The molecular formula is C20H20N4O4. The first kappa shape index (κ1) is 18.0. The number of aryl methyl sites for hydroxylation is 1. The summed E-state index contributed by atoms with van der Waals surface area (Å²) in [4.78, 5) is 30.7. The average molecular weight is 380 g/mol. The number of hydrogen-bond acceptors (Lipinski definition) is 6. The fourth-order valence-electron chi connectivity index (χ4n) is 3.26. The van der Waals surface area contributed by atoms with Crippen LogP contribution in [0.5, 0.6) is 5.75 Å². The van der Waals surface area contributed by atoms with E-state index < -0.39 is 0 Å². The highest BCUT2D eigenvalue weighted by Crippen LogP contribution is 2.27. The number of ether oxygens (including phenoxy) is 1. The van der Waals surface area contributed by atoms with Crippen LogP contribution in [-0.2, 0) is 13.5 Å². The predicted octanol–water partition coefficient (Wildman–Crippen LogP) is 1.61. The van der Waals surface area contributed by atoms with Crippen molar-refractivity contribution in [1.82, 2.24) is 19.6 Å². The van der Waals surface area contributed by atoms with Gasteiger partial charge in [-0.05, 0) is 18.2 Å². The van der Waals surface area contributed by atoms with Gasteiger partial charge in [-0.3, -0.25) is 9.59 Å². The Morgan fingerprint density at radius 2 is 2.04 bits per heavy atom. The molecule has 1 amide bonds. The average Bonchev–Trinajstić information content (AvgIpc) is 3.11. The Hall–Kier alpha value is -3.42. The molecule has 0 aliphatic carbocycles. The minimum absolute atomic E-state index is 0.0181. The number of nitrogens with zero attached hydrogens (tertiary/aromatic N) is 4. The zero-order chi connectivity index (χ0) is 19.7. The first-order chi connectivity index (χ1) is 13.6. The lowest BCUT2D eigenvalue weighted by Gasteiger charge is -2.36. The van der Waals surface area contributed by atoms with Crippen LogP contribution in [0.3, 0.4) is 0 Å². The lowest BCUT2D eigenvalue weighted by atomic mass is 9.99. The number of hydrogen-bond donors (Lipinski definition) is 0. The van der Waals surface area contributed by atoms with Crippen molar-refractivity contribution in [3.8, 4) is 5.75 Å². The van der Waals surface area contributed by atoms with Gasteiger partial charge in [0.25, 0.3) is 11.5 Å². The third-order valence-corrected chi connectivity index (χ3v) is 4.90. The number of carbonyl (C=O) groups excluding carboxylic acids is 1. The van der Waals surface area contributed by atoms with Gasteiger partial charge in [0.1, 0.15) is 11.3 Å². The van der Waals surface area contributed by atoms with Crippen LogP contribution in [0.25, 0.3) is 0 Å². The molecule has 0 spiro atoms. The van der Waals surface area contributed by atoms with Crippen LogP contribution in [0.2, 0.25) is 0 Å². The van der Waals surface area contributed by atoms with Crippen LogP contribution >= 0.6 is 0 Å². The third-order valence-electron chi connectivity index (χ3n) is 4.90. The van der Waals surface area contributed by atoms with E-state index in [1.54, 1.807) is 37.4 Å². The molecule has 3 heterocycles. The number of benzene rings is 1. The molecule has 0 unspecified atom stereocenters. The lowest BCUT2D eigenvalue weighted by molar-refractivity contribution is 0.0566. The van der Waals surface area contributed by atoms with Crippen LogP contribution in [0.15, 0.2) is 51.9 Å². The van der Waals surface area contributed by atoms with Gasteiger partial charge in [0.15, 0.2) is 5.82 Å². The van der Waals surface area contributed by atoms with Crippen molar-refractivity contribution < 1.29 is 14.1 Å². The quantitative estimate of drug-likeness (QED) is 0.668. The summed E-state index contributed by atoms with van der Waals surface area (Å²) in [7, 11) is 3.25. The molecule has 1 aliphatic rings. The van der Waals surface area contributed by atoms with E-state index in [1.165, 1.54) is 4.57 Å². The smallest absolute Gasteiger partial charge is 0.263 e. The number of carbonyl (C=O) groups is 1. The van der Waals surface area contributed by atoms with Crippen LogP contribution in [0.1, 0.15) is 33.6 Å². The maximum Gasteiger partial charge on any atom is 0.263 e. The van der Waals surface area contributed by atoms with Crippen molar-refractivity contribution in [1.29, 1.82) is 0 Å². The normalized spacial score (nSPS) is 14.0. The van der Waals surface area contributed by atoms with E-state index in [9.17, 15) is 9.59 Å². The Morgan fingerprint density at radius 1 is 1.25 bits per heavy atom. The molecule has 0 N–H and O–H groups in total. The van der Waals surface area contributed by atoms with Crippen LogP contribution in [0.4, 0.5) is 0 Å². The van der Waals surface area contributed by atoms with Crippen molar-refractivity contribution in [2.45, 2.75) is 12.3 Å². The number of para-hydroxylation sites is 1. The zero-order valence-corrected chi connectivity index (χ0v) is 15.7. The summed E-state index contributed by atoms with van der Waals surface area (Å²) < 4.78 is 12.1. The fraction of sp³-hybridized carbons (Fsp3) is 0.300. The molecule has 28 heavy (non-hydrogen) atoms. The van der Waals surface area contributed by atoms with E-state index in [2.05, 4.69) is 10.1 Å². The Morgan fingerprint density at radius 3 is 2.82 bits per heavy atom. The molecular weight excluding hydrogens is 360 g/mol. The number of methoxy groups -OCH3 is 1. The second-order valence-electron chi connectivity index (χ2n) is 6.78. The Balaban J connectivity index is 1.41. The maximum atomic E-state index is 12.5. The lowest BCUT2D eigenvalue weighted by Crippen LogP contribution is -2.50. The molecule has 144 valence electrons. The second-order valence-corrected chi connectivity index (χ2v) is 6.78. The Labute approximate surface area is 161 Å². The molecule has 0 radical (unpaired) electrons. The van der Waals surface area contributed by atoms with Crippen molar-refractivity contribution in [2.75, 3.05) is 20.2 Å². The van der Waals surface area contributed by atoms with Gasteiger partial charge >= 0.3 is 0 Å². The number of amides is 1. The molecule has 1 fully saturated rings.